The van der Waals surface area contributed by atoms with Gasteiger partial charge in [-0.25, -0.2) is 0 Å². The van der Waals surface area contributed by atoms with Crippen LogP contribution in [-0.2, 0) is 9.53 Å². The highest BCUT2D eigenvalue weighted by Crippen LogP contribution is 2.43. The maximum atomic E-state index is 12.5. The van der Waals surface area contributed by atoms with Gasteiger partial charge in [-0.1, -0.05) is 72.1 Å². The van der Waals surface area contributed by atoms with E-state index < -0.39 is 17.2 Å². The van der Waals surface area contributed by atoms with Gasteiger partial charge in [0.25, 0.3) is 0 Å². The maximum Gasteiger partial charge on any atom is 0.306 e. The summed E-state index contributed by atoms with van der Waals surface area (Å²) in [6, 6.07) is 6.49. The van der Waals surface area contributed by atoms with Crippen molar-refractivity contribution in [2.75, 3.05) is 6.61 Å². The minimum absolute atomic E-state index is 0.231. The van der Waals surface area contributed by atoms with Crippen LogP contribution in [0.2, 0.25) is 0 Å². The number of esters is 1. The van der Waals surface area contributed by atoms with Gasteiger partial charge in [0.2, 0.25) is 5.79 Å². The first-order chi connectivity index (χ1) is 16.1. The Morgan fingerprint density at radius 3 is 2.38 bits per heavy atom. The van der Waals surface area contributed by atoms with Crippen molar-refractivity contribution in [2.24, 2.45) is 11.3 Å². The monoisotopic (exact) mass is 469 g/mol. The lowest BCUT2D eigenvalue weighted by molar-refractivity contribution is -0.166. The van der Waals surface area contributed by atoms with E-state index in [0.29, 0.717) is 35.6 Å². The molecular formula is C27H39N3O4. The highest BCUT2D eigenvalue weighted by atomic mass is 16.5. The summed E-state index contributed by atoms with van der Waals surface area (Å²) in [4.78, 5) is 13.8. The Hall–Kier alpha value is -2.51. The summed E-state index contributed by atoms with van der Waals surface area (Å²) in [5.74, 6) is -1.99. The molecule has 1 aromatic carbocycles. The average Bonchev–Trinajstić information content (AvgIpc) is 3.21. The number of aromatic nitrogens is 3. The highest BCUT2D eigenvalue weighted by molar-refractivity contribution is 5.73. The van der Waals surface area contributed by atoms with Gasteiger partial charge in [0, 0.05) is 6.42 Å². The first kappa shape index (κ1) is 26.1. The molecule has 0 spiro atoms. The maximum absolute atomic E-state index is 12.5. The second-order valence-corrected chi connectivity index (χ2v) is 10.3. The van der Waals surface area contributed by atoms with E-state index in [-0.39, 0.29) is 12.4 Å². The first-order valence-corrected chi connectivity index (χ1v) is 12.4. The summed E-state index contributed by atoms with van der Waals surface area (Å²) in [6.45, 7) is 10.6. The van der Waals surface area contributed by atoms with Gasteiger partial charge in [-0.3, -0.25) is 4.79 Å². The molecule has 0 fully saturated rings. The molecule has 0 saturated heterocycles. The molecule has 0 aliphatic heterocycles. The predicted octanol–water partition coefficient (Wildman–Crippen LogP) is 5.11. The number of nitrogens with zero attached hydrogens (tertiary/aromatic N) is 3. The lowest BCUT2D eigenvalue weighted by atomic mass is 9.74. The van der Waals surface area contributed by atoms with E-state index >= 15 is 0 Å². The largest absolute Gasteiger partial charge is 0.465 e. The summed E-state index contributed by atoms with van der Waals surface area (Å²) in [5.41, 5.74) is 2.14. The van der Waals surface area contributed by atoms with Crippen LogP contribution in [-0.4, -0.2) is 43.6 Å². The van der Waals surface area contributed by atoms with Gasteiger partial charge in [-0.15, -0.1) is 0 Å². The zero-order chi connectivity index (χ0) is 24.9. The zero-order valence-electron chi connectivity index (χ0n) is 21.1. The molecule has 34 heavy (non-hydrogen) atoms. The van der Waals surface area contributed by atoms with E-state index in [2.05, 4.69) is 24.0 Å². The topological polar surface area (TPSA) is 97.5 Å². The second-order valence-electron chi connectivity index (χ2n) is 10.3. The number of aliphatic hydroxyl groups is 2. The van der Waals surface area contributed by atoms with E-state index in [9.17, 15) is 15.0 Å². The molecule has 7 heteroatoms. The predicted molar refractivity (Wildman–Crippen MR) is 133 cm³/mol. The number of hydrogen-bond donors (Lipinski definition) is 2. The van der Waals surface area contributed by atoms with Gasteiger partial charge in [-0.2, -0.15) is 15.0 Å². The van der Waals surface area contributed by atoms with E-state index in [1.54, 1.807) is 12.2 Å². The second kappa shape index (κ2) is 10.8. The molecule has 0 bridgehead atoms. The number of rotatable bonds is 10. The van der Waals surface area contributed by atoms with Crippen LogP contribution in [0.25, 0.3) is 11.0 Å². The third kappa shape index (κ3) is 6.13. The molecule has 1 aliphatic carbocycles. The lowest BCUT2D eigenvalue weighted by Crippen LogP contribution is -2.46. The fourth-order valence-electron chi connectivity index (χ4n) is 4.40. The van der Waals surface area contributed by atoms with Gasteiger partial charge < -0.3 is 14.9 Å². The van der Waals surface area contributed by atoms with E-state index in [1.165, 1.54) is 4.80 Å². The molecule has 0 radical (unpaired) electrons. The average molecular weight is 470 g/mol. The van der Waals surface area contributed by atoms with Crippen molar-refractivity contribution in [2.45, 2.75) is 85.0 Å². The Morgan fingerprint density at radius 2 is 1.82 bits per heavy atom. The molecule has 2 aromatic rings. The van der Waals surface area contributed by atoms with E-state index in [4.69, 9.17) is 4.74 Å². The number of ether oxygens (including phenoxy) is 1. The molecule has 0 amide bonds. The third-order valence-electron chi connectivity index (χ3n) is 6.51. The van der Waals surface area contributed by atoms with Gasteiger partial charge in [0.1, 0.15) is 17.1 Å². The Balaban J connectivity index is 1.78. The smallest absolute Gasteiger partial charge is 0.306 e. The number of carbonyl (C=O) groups excluding carboxylic acids is 1. The molecule has 2 atom stereocenters. The Labute approximate surface area is 202 Å². The number of benzene rings is 1. The van der Waals surface area contributed by atoms with Crippen molar-refractivity contribution in [3.63, 3.8) is 0 Å². The fraction of sp³-hybridized carbons (Fsp3) is 0.593. The van der Waals surface area contributed by atoms with Crippen LogP contribution in [0.15, 0.2) is 47.6 Å². The number of unbranched alkanes of at least 4 members (excludes halogenated alkanes) is 1. The summed E-state index contributed by atoms with van der Waals surface area (Å²) in [7, 11) is 0. The Kier molecular flexibility index (Phi) is 8.31. The summed E-state index contributed by atoms with van der Waals surface area (Å²) in [6.07, 6.45) is 8.57. The van der Waals surface area contributed by atoms with Crippen molar-refractivity contribution in [3.05, 3.63) is 47.6 Å². The zero-order valence-corrected chi connectivity index (χ0v) is 21.1. The van der Waals surface area contributed by atoms with Crippen molar-refractivity contribution < 1.29 is 19.7 Å². The molecular weight excluding hydrogens is 430 g/mol. The molecule has 1 aliphatic rings. The molecule has 186 valence electrons. The van der Waals surface area contributed by atoms with Crippen LogP contribution in [0.5, 0.6) is 0 Å². The minimum Gasteiger partial charge on any atom is -0.465 e. The van der Waals surface area contributed by atoms with Crippen LogP contribution in [0.4, 0.5) is 0 Å². The van der Waals surface area contributed by atoms with Gasteiger partial charge in [0.05, 0.1) is 6.61 Å². The van der Waals surface area contributed by atoms with Crippen molar-refractivity contribution in [1.82, 2.24) is 15.0 Å². The Bertz CT molecular complexity index is 1010. The lowest BCUT2D eigenvalue weighted by Gasteiger charge is -2.40. The van der Waals surface area contributed by atoms with Crippen LogP contribution in [0.1, 0.15) is 79.2 Å². The van der Waals surface area contributed by atoms with Crippen molar-refractivity contribution >= 4 is 17.0 Å². The summed E-state index contributed by atoms with van der Waals surface area (Å²) >= 11 is 0. The quantitative estimate of drug-likeness (QED) is 0.371. The summed E-state index contributed by atoms with van der Waals surface area (Å²) in [5, 5.41) is 31.4. The number of fused-ring (bicyclic) bond motifs is 1. The minimum atomic E-state index is -2.16. The van der Waals surface area contributed by atoms with Crippen LogP contribution < -0.4 is 0 Å². The normalized spacial score (nSPS) is 19.0. The number of allylic oxidation sites excluding steroid dienone is 2. The molecule has 1 heterocycles. The molecule has 1 aromatic heterocycles. The van der Waals surface area contributed by atoms with Crippen molar-refractivity contribution in [3.8, 4) is 0 Å². The van der Waals surface area contributed by atoms with E-state index in [0.717, 1.165) is 31.3 Å². The number of hydrogen-bond acceptors (Lipinski definition) is 6. The third-order valence-corrected chi connectivity index (χ3v) is 6.51. The molecule has 3 rings (SSSR count). The summed E-state index contributed by atoms with van der Waals surface area (Å²) < 4.78 is 5.55. The SMILES string of the molecule is CCCCC(CC)COC(=O)CCC1=CC(n2nc3ccccc3n2)C(O)(O)C(C(C)(C)C)=C1. The fourth-order valence-corrected chi connectivity index (χ4v) is 4.40. The molecule has 2 unspecified atom stereocenters. The van der Waals surface area contributed by atoms with Crippen LogP contribution >= 0.6 is 0 Å². The van der Waals surface area contributed by atoms with E-state index in [1.807, 2.05) is 45.0 Å². The molecule has 7 nitrogen and oxygen atoms in total. The molecule has 2 N–H and O–H groups in total. The first-order valence-electron chi connectivity index (χ1n) is 12.4. The Morgan fingerprint density at radius 1 is 1.18 bits per heavy atom. The van der Waals surface area contributed by atoms with Crippen LogP contribution in [0, 0.1) is 11.3 Å². The standard InChI is InChI=1S/C27H39N3O4/c1-6-8-11-19(7-2)18-34-25(31)15-14-20-16-23(26(3,4)5)27(32,33)24(17-20)30-28-21-12-9-10-13-22(21)29-30/h9-10,12-13,16-17,19,24,32-33H,6-8,11,14-15,18H2,1-5H3. The number of carbonyl (C=O) groups is 1. The van der Waals surface area contributed by atoms with Gasteiger partial charge in [-0.05, 0) is 53.5 Å². The highest BCUT2D eigenvalue weighted by Gasteiger charge is 2.46. The van der Waals surface area contributed by atoms with Gasteiger partial charge >= 0.3 is 5.97 Å². The van der Waals surface area contributed by atoms with Crippen molar-refractivity contribution in [1.29, 1.82) is 0 Å². The van der Waals surface area contributed by atoms with Gasteiger partial charge in [0.15, 0.2) is 0 Å². The molecule has 0 saturated carbocycles. The van der Waals surface area contributed by atoms with Crippen LogP contribution in [0.3, 0.4) is 0 Å².